The zero-order valence-corrected chi connectivity index (χ0v) is 38.3. The Balaban J connectivity index is 0.762. The number of para-hydroxylation sites is 1. The van der Waals surface area contributed by atoms with Gasteiger partial charge in [-0.15, -0.1) is 0 Å². The molecule has 1 saturated heterocycles. The number of oxime groups is 1. The number of rotatable bonds is 23. The molecule has 1 N–H and O–H groups in total. The van der Waals surface area contributed by atoms with Crippen LogP contribution in [-0.4, -0.2) is 110 Å². The van der Waals surface area contributed by atoms with E-state index in [-0.39, 0.29) is 60.9 Å². The minimum absolute atomic E-state index is 0.00345. The smallest absolute Gasteiger partial charge is 0.258 e. The number of methoxy groups -OCH3 is 1. The molecule has 340 valence electrons. The van der Waals surface area contributed by atoms with E-state index in [1.54, 1.807) is 13.4 Å². The summed E-state index contributed by atoms with van der Waals surface area (Å²) in [5.74, 6) is 2.07. The maximum atomic E-state index is 13.8. The zero-order chi connectivity index (χ0) is 45.1. The van der Waals surface area contributed by atoms with Gasteiger partial charge in [-0.25, -0.2) is 0 Å². The molecule has 64 heavy (non-hydrogen) atoms. The summed E-state index contributed by atoms with van der Waals surface area (Å²) >= 11 is 1.35. The monoisotopic (exact) mass is 913 g/mol. The van der Waals surface area contributed by atoms with Gasteiger partial charge in [-0.1, -0.05) is 35.5 Å². The fourth-order valence-electron chi connectivity index (χ4n) is 8.15. The van der Waals surface area contributed by atoms with Crippen molar-refractivity contribution in [1.29, 1.82) is 0 Å². The Labute approximate surface area is 378 Å². The molecule has 3 atom stereocenters. The molecule has 3 aliphatic heterocycles. The molecule has 4 aromatic carbocycles. The summed E-state index contributed by atoms with van der Waals surface area (Å²) in [7, 11) is -1.83. The van der Waals surface area contributed by atoms with Crippen molar-refractivity contribution in [2.75, 3.05) is 70.2 Å². The fraction of sp³-hybridized carbons (Fsp3) is 0.417. The van der Waals surface area contributed by atoms with Crippen LogP contribution in [0.2, 0.25) is 0 Å². The maximum Gasteiger partial charge on any atom is 0.258 e. The molecule has 14 nitrogen and oxygen atoms in total. The minimum atomic E-state index is -3.42. The van der Waals surface area contributed by atoms with Gasteiger partial charge < -0.3 is 38.3 Å². The quantitative estimate of drug-likeness (QED) is 0.0256. The topological polar surface area (TPSA) is 163 Å². The van der Waals surface area contributed by atoms with Gasteiger partial charge in [0.15, 0.2) is 11.5 Å². The third-order valence-electron chi connectivity index (χ3n) is 11.5. The highest BCUT2D eigenvalue weighted by Crippen LogP contribution is 2.42. The number of carbonyl (C=O) groups is 3. The Hall–Kier alpha value is -5.34. The van der Waals surface area contributed by atoms with Gasteiger partial charge >= 0.3 is 0 Å². The Morgan fingerprint density at radius 1 is 0.828 bits per heavy atom. The van der Waals surface area contributed by atoms with Crippen molar-refractivity contribution in [2.45, 2.75) is 63.3 Å². The van der Waals surface area contributed by atoms with E-state index in [9.17, 15) is 23.8 Å². The first-order valence-electron chi connectivity index (χ1n) is 21.7. The first-order chi connectivity index (χ1) is 31.0. The van der Waals surface area contributed by atoms with Gasteiger partial charge in [-0.05, 0) is 122 Å². The van der Waals surface area contributed by atoms with Gasteiger partial charge in [-0.3, -0.25) is 23.8 Å². The molecular formula is C48H56N3O11PS. The van der Waals surface area contributed by atoms with Crippen LogP contribution >= 0.6 is 19.1 Å². The number of thioether (sulfide) groups is 1. The van der Waals surface area contributed by atoms with E-state index in [4.69, 9.17) is 28.5 Å². The predicted octanol–water partition coefficient (Wildman–Crippen LogP) is 7.55. The van der Waals surface area contributed by atoms with E-state index in [2.05, 4.69) is 11.2 Å². The van der Waals surface area contributed by atoms with E-state index < -0.39 is 7.37 Å². The largest absolute Gasteiger partial charge is 0.493 e. The van der Waals surface area contributed by atoms with Crippen molar-refractivity contribution in [3.8, 4) is 23.0 Å². The van der Waals surface area contributed by atoms with Crippen LogP contribution in [0.3, 0.4) is 0 Å². The number of nitrogens with zero attached hydrogens (tertiary/aromatic N) is 3. The van der Waals surface area contributed by atoms with Crippen LogP contribution in [0.15, 0.2) is 90.1 Å². The SMILES string of the molecule is COc1cc2c(cc1OCc1cccc(OCCOCCOc3ccc(/C(C)=N/OCCCP(=O)(O)CCCN4C(=O)CC(SC)C4=O)cc3)c1)CC[C@@H]1Cc3ccccc3N1C2=O. The molecule has 0 aromatic heterocycles. The molecular weight excluding hydrogens is 858 g/mol. The number of carbonyl (C=O) groups excluding carboxylic acids is 3. The molecule has 0 spiro atoms. The van der Waals surface area contributed by atoms with E-state index in [1.807, 2.05) is 90.7 Å². The number of fused-ring (bicyclic) bond motifs is 4. The van der Waals surface area contributed by atoms with Gasteiger partial charge in [0.1, 0.15) is 37.9 Å². The summed E-state index contributed by atoms with van der Waals surface area (Å²) in [6, 6.07) is 27.2. The molecule has 16 heteroatoms. The number of imide groups is 1. The van der Waals surface area contributed by atoms with Crippen LogP contribution in [0.25, 0.3) is 0 Å². The summed E-state index contributed by atoms with van der Waals surface area (Å²) in [6.45, 7) is 3.94. The maximum absolute atomic E-state index is 13.8. The first-order valence-corrected chi connectivity index (χ1v) is 25.0. The van der Waals surface area contributed by atoms with Crippen LogP contribution in [0.1, 0.15) is 65.2 Å². The molecule has 1 fully saturated rings. The molecule has 4 aromatic rings. The van der Waals surface area contributed by atoms with Crippen molar-refractivity contribution < 1.29 is 52.4 Å². The molecule has 2 unspecified atom stereocenters. The second-order valence-corrected chi connectivity index (χ2v) is 19.6. The normalized spacial score (nSPS) is 17.9. The molecule has 3 aliphatic rings. The lowest BCUT2D eigenvalue weighted by Gasteiger charge is -2.23. The number of amides is 3. The highest BCUT2D eigenvalue weighted by molar-refractivity contribution is 8.00. The summed E-state index contributed by atoms with van der Waals surface area (Å²) in [5, 5.41) is 3.80. The van der Waals surface area contributed by atoms with Crippen LogP contribution in [0.4, 0.5) is 5.69 Å². The van der Waals surface area contributed by atoms with Crippen molar-refractivity contribution in [3.05, 3.63) is 113 Å². The highest BCUT2D eigenvalue weighted by atomic mass is 32.2. The van der Waals surface area contributed by atoms with Crippen molar-refractivity contribution in [2.24, 2.45) is 5.16 Å². The molecule has 0 bridgehead atoms. The average molecular weight is 914 g/mol. The second kappa shape index (κ2) is 22.0. The summed E-state index contributed by atoms with van der Waals surface area (Å²) in [4.78, 5) is 57.0. The Morgan fingerprint density at radius 3 is 2.36 bits per heavy atom. The number of likely N-dealkylation sites (tertiary alicyclic amines) is 1. The lowest BCUT2D eigenvalue weighted by atomic mass is 9.99. The van der Waals surface area contributed by atoms with Crippen molar-refractivity contribution >= 4 is 48.3 Å². The van der Waals surface area contributed by atoms with E-state index in [1.165, 1.54) is 22.2 Å². The second-order valence-electron chi connectivity index (χ2n) is 16.0. The van der Waals surface area contributed by atoms with Gasteiger partial charge in [0.05, 0.1) is 31.3 Å². The molecule has 0 radical (unpaired) electrons. The number of hydrogen-bond donors (Lipinski definition) is 1. The Morgan fingerprint density at radius 2 is 1.59 bits per heavy atom. The molecule has 0 saturated carbocycles. The summed E-state index contributed by atoms with van der Waals surface area (Å²) in [6.07, 6.45) is 5.25. The van der Waals surface area contributed by atoms with E-state index >= 15 is 0 Å². The van der Waals surface area contributed by atoms with Gasteiger partial charge in [0.25, 0.3) is 5.91 Å². The predicted molar refractivity (Wildman–Crippen MR) is 247 cm³/mol. The van der Waals surface area contributed by atoms with Crippen molar-refractivity contribution in [3.63, 3.8) is 0 Å². The average Bonchev–Trinajstić information content (AvgIpc) is 3.77. The van der Waals surface area contributed by atoms with Gasteiger partial charge in [0.2, 0.25) is 19.2 Å². The van der Waals surface area contributed by atoms with Crippen LogP contribution in [0, 0.1) is 0 Å². The third-order valence-corrected chi connectivity index (χ3v) is 14.5. The summed E-state index contributed by atoms with van der Waals surface area (Å²) in [5.41, 5.74) is 6.26. The number of aryl methyl sites for hydroxylation is 1. The number of benzene rings is 4. The number of ether oxygens (including phenoxy) is 5. The fourth-order valence-corrected chi connectivity index (χ4v) is 10.3. The van der Waals surface area contributed by atoms with Crippen molar-refractivity contribution in [1.82, 2.24) is 4.90 Å². The van der Waals surface area contributed by atoms with E-state index in [0.29, 0.717) is 80.1 Å². The molecule has 7 rings (SSSR count). The zero-order valence-electron chi connectivity index (χ0n) is 36.6. The van der Waals surface area contributed by atoms with Gasteiger partial charge in [0, 0.05) is 42.6 Å². The molecule has 0 aliphatic carbocycles. The lowest BCUT2D eigenvalue weighted by Crippen LogP contribution is -2.36. The molecule has 3 amide bonds. The standard InChI is InChI=1S/C48H56N3O11PS/c1-33(49-62-20-8-26-63(55,56)25-7-19-50-46(52)31-45(64-3)48(50)54)35-14-17-39(18-15-35)59-23-21-58-22-24-60-40-11-6-9-34(27-40)32-61-44-29-36-13-16-38-28-37-10-4-5-12-42(37)51(38)47(53)41(36)30-43(44)57-2/h4-6,9-12,14-15,17-18,27,29-30,38,45H,7-8,13,16,19-26,28,31-32H2,1-3H3,(H,55,56)/b49-33+/t38-,45?/m1/s1. The lowest BCUT2D eigenvalue weighted by molar-refractivity contribution is -0.138. The Bertz CT molecular complexity index is 2360. The highest BCUT2D eigenvalue weighted by Gasteiger charge is 2.39. The number of anilines is 1. The summed E-state index contributed by atoms with van der Waals surface area (Å²) < 4.78 is 42.1. The van der Waals surface area contributed by atoms with Crippen LogP contribution in [0.5, 0.6) is 23.0 Å². The van der Waals surface area contributed by atoms with Crippen LogP contribution < -0.4 is 23.8 Å². The van der Waals surface area contributed by atoms with Gasteiger partial charge in [-0.2, -0.15) is 11.8 Å². The Kier molecular flexibility index (Phi) is 16.1. The molecule has 3 heterocycles. The number of hydrogen-bond acceptors (Lipinski definition) is 12. The van der Waals surface area contributed by atoms with E-state index in [0.717, 1.165) is 41.6 Å². The third kappa shape index (κ3) is 11.9. The van der Waals surface area contributed by atoms with Crippen LogP contribution in [-0.2, 0) is 43.2 Å². The first kappa shape index (κ1) is 46.6. The minimum Gasteiger partial charge on any atom is -0.493 e.